The van der Waals surface area contributed by atoms with Crippen LogP contribution in [-0.2, 0) is 6.42 Å². The van der Waals surface area contributed by atoms with Crippen molar-refractivity contribution in [2.24, 2.45) is 5.73 Å². The largest absolute Gasteiger partial charge is 0.383 e. The summed E-state index contributed by atoms with van der Waals surface area (Å²) in [6.07, 6.45) is 5.66. The van der Waals surface area contributed by atoms with Crippen LogP contribution >= 0.6 is 11.6 Å². The van der Waals surface area contributed by atoms with E-state index in [2.05, 4.69) is 4.98 Å². The number of pyridine rings is 1. The van der Waals surface area contributed by atoms with Gasteiger partial charge in [0, 0.05) is 11.7 Å². The van der Waals surface area contributed by atoms with Gasteiger partial charge < -0.3 is 11.5 Å². The minimum Gasteiger partial charge on any atom is -0.383 e. The topological polar surface area (TPSA) is 64.9 Å². The van der Waals surface area contributed by atoms with Crippen molar-refractivity contribution >= 4 is 17.4 Å². The summed E-state index contributed by atoms with van der Waals surface area (Å²) in [5.74, 6) is 0.568. The molecule has 1 aliphatic rings. The van der Waals surface area contributed by atoms with Crippen molar-refractivity contribution in [1.29, 1.82) is 0 Å². The predicted octanol–water partition coefficient (Wildman–Crippen LogP) is 1.74. The molecule has 76 valence electrons. The van der Waals surface area contributed by atoms with Crippen LogP contribution in [-0.4, -0.2) is 10.5 Å². The van der Waals surface area contributed by atoms with Gasteiger partial charge in [-0.3, -0.25) is 0 Å². The molecule has 14 heavy (non-hydrogen) atoms. The van der Waals surface area contributed by atoms with Crippen LogP contribution in [0, 0.1) is 0 Å². The van der Waals surface area contributed by atoms with Crippen LogP contribution in [0.5, 0.6) is 0 Å². The van der Waals surface area contributed by atoms with E-state index in [0.717, 1.165) is 31.2 Å². The van der Waals surface area contributed by atoms with E-state index in [1.165, 1.54) is 0 Å². The molecule has 2 rings (SSSR count). The molecule has 0 unspecified atom stereocenters. The number of nitrogens with zero attached hydrogens (tertiary/aromatic N) is 1. The number of hydrogen-bond acceptors (Lipinski definition) is 3. The Labute approximate surface area is 88.5 Å². The number of halogens is 1. The summed E-state index contributed by atoms with van der Waals surface area (Å²) in [4.78, 5) is 4.00. The van der Waals surface area contributed by atoms with Gasteiger partial charge in [-0.25, -0.2) is 4.98 Å². The zero-order valence-corrected chi connectivity index (χ0v) is 8.72. The van der Waals surface area contributed by atoms with Crippen LogP contribution in [0.3, 0.4) is 0 Å². The zero-order chi connectivity index (χ0) is 10.2. The van der Waals surface area contributed by atoms with E-state index in [1.807, 2.05) is 6.07 Å². The summed E-state index contributed by atoms with van der Waals surface area (Å²) in [6.45, 7) is 0. The number of anilines is 1. The molecule has 0 aromatic carbocycles. The van der Waals surface area contributed by atoms with E-state index < -0.39 is 0 Å². The molecule has 0 amide bonds. The lowest BCUT2D eigenvalue weighted by molar-refractivity contribution is 0.609. The minimum absolute atomic E-state index is 0.0642. The molecule has 1 saturated carbocycles. The molecular formula is C10H14ClN3. The maximum atomic E-state index is 5.99. The van der Waals surface area contributed by atoms with Gasteiger partial charge in [0.15, 0.2) is 0 Å². The highest BCUT2D eigenvalue weighted by Gasteiger charge is 2.37. The number of nitrogen functional groups attached to an aromatic ring is 1. The predicted molar refractivity (Wildman–Crippen MR) is 58.1 cm³/mol. The number of nitrogens with two attached hydrogens (primary N) is 2. The summed E-state index contributed by atoms with van der Waals surface area (Å²) < 4.78 is 0. The first-order chi connectivity index (χ1) is 6.59. The zero-order valence-electron chi connectivity index (χ0n) is 7.96. The summed E-state index contributed by atoms with van der Waals surface area (Å²) >= 11 is 5.83. The molecule has 1 heterocycles. The SMILES string of the molecule is Nc1ncc(Cl)cc1CCC1(N)CC1. The average Bonchev–Trinajstić information content (AvgIpc) is 2.87. The molecular weight excluding hydrogens is 198 g/mol. The fourth-order valence-corrected chi connectivity index (χ4v) is 1.67. The van der Waals surface area contributed by atoms with E-state index in [-0.39, 0.29) is 5.54 Å². The molecule has 1 aromatic heterocycles. The van der Waals surface area contributed by atoms with Gasteiger partial charge in [-0.2, -0.15) is 0 Å². The molecule has 0 radical (unpaired) electrons. The summed E-state index contributed by atoms with van der Waals surface area (Å²) in [5, 5.41) is 0.635. The fraction of sp³-hybridized carbons (Fsp3) is 0.500. The van der Waals surface area contributed by atoms with Crippen LogP contribution in [0.15, 0.2) is 12.3 Å². The minimum atomic E-state index is 0.0642. The Bertz CT molecular complexity index is 347. The molecule has 0 saturated heterocycles. The Balaban J connectivity index is 2.04. The second-order valence-corrected chi connectivity index (χ2v) is 4.50. The quantitative estimate of drug-likeness (QED) is 0.801. The molecule has 0 spiro atoms. The second-order valence-electron chi connectivity index (χ2n) is 4.06. The first-order valence-corrected chi connectivity index (χ1v) is 5.16. The number of aryl methyl sites for hydroxylation is 1. The monoisotopic (exact) mass is 211 g/mol. The normalized spacial score (nSPS) is 18.1. The van der Waals surface area contributed by atoms with Crippen molar-refractivity contribution in [3.63, 3.8) is 0 Å². The molecule has 3 nitrogen and oxygen atoms in total. The fourth-order valence-electron chi connectivity index (χ4n) is 1.49. The third-order valence-corrected chi connectivity index (χ3v) is 2.96. The number of hydrogen-bond donors (Lipinski definition) is 2. The molecule has 0 aliphatic heterocycles. The second kappa shape index (κ2) is 3.41. The first kappa shape index (κ1) is 9.74. The third kappa shape index (κ3) is 2.16. The van der Waals surface area contributed by atoms with Gasteiger partial charge in [-0.05, 0) is 37.3 Å². The highest BCUT2D eigenvalue weighted by atomic mass is 35.5. The van der Waals surface area contributed by atoms with E-state index >= 15 is 0 Å². The van der Waals surface area contributed by atoms with Crippen molar-refractivity contribution < 1.29 is 0 Å². The molecule has 0 bridgehead atoms. The van der Waals surface area contributed by atoms with Gasteiger partial charge in [0.25, 0.3) is 0 Å². The van der Waals surface area contributed by atoms with E-state index in [0.29, 0.717) is 10.8 Å². The van der Waals surface area contributed by atoms with Gasteiger partial charge in [-0.1, -0.05) is 11.6 Å². The lowest BCUT2D eigenvalue weighted by Crippen LogP contribution is -2.22. The van der Waals surface area contributed by atoms with Crippen molar-refractivity contribution in [1.82, 2.24) is 4.98 Å². The number of rotatable bonds is 3. The maximum Gasteiger partial charge on any atom is 0.126 e. The Kier molecular flexibility index (Phi) is 2.37. The molecule has 4 N–H and O–H groups in total. The summed E-state index contributed by atoms with van der Waals surface area (Å²) in [5.41, 5.74) is 12.8. The summed E-state index contributed by atoms with van der Waals surface area (Å²) in [6, 6.07) is 1.87. The molecule has 4 heteroatoms. The number of aromatic nitrogens is 1. The molecule has 1 aromatic rings. The van der Waals surface area contributed by atoms with E-state index in [1.54, 1.807) is 6.20 Å². The third-order valence-electron chi connectivity index (χ3n) is 2.75. The maximum absolute atomic E-state index is 5.99. The van der Waals surface area contributed by atoms with Crippen LogP contribution in [0.2, 0.25) is 5.02 Å². The molecule has 1 aliphatic carbocycles. The van der Waals surface area contributed by atoms with Crippen LogP contribution in [0.25, 0.3) is 0 Å². The Morgan fingerprint density at radius 3 is 2.86 bits per heavy atom. The molecule has 0 atom stereocenters. The van der Waals surface area contributed by atoms with Crippen LogP contribution in [0.1, 0.15) is 24.8 Å². The highest BCUT2D eigenvalue weighted by Crippen LogP contribution is 2.37. The van der Waals surface area contributed by atoms with Crippen molar-refractivity contribution in [2.45, 2.75) is 31.2 Å². The Morgan fingerprint density at radius 1 is 1.50 bits per heavy atom. The van der Waals surface area contributed by atoms with Gasteiger partial charge >= 0.3 is 0 Å². The highest BCUT2D eigenvalue weighted by molar-refractivity contribution is 6.30. The van der Waals surface area contributed by atoms with E-state index in [4.69, 9.17) is 23.1 Å². The van der Waals surface area contributed by atoms with Crippen molar-refractivity contribution in [2.75, 3.05) is 5.73 Å². The standard InChI is InChI=1S/C10H14ClN3/c11-8-5-7(9(12)14-6-8)1-2-10(13)3-4-10/h5-6H,1-4,13H2,(H2,12,14). The smallest absolute Gasteiger partial charge is 0.126 e. The van der Waals surface area contributed by atoms with Gasteiger partial charge in [0.2, 0.25) is 0 Å². The molecule has 1 fully saturated rings. The Morgan fingerprint density at radius 2 is 2.21 bits per heavy atom. The lowest BCUT2D eigenvalue weighted by Gasteiger charge is -2.09. The lowest BCUT2D eigenvalue weighted by atomic mass is 10.1. The Hall–Kier alpha value is -0.800. The average molecular weight is 212 g/mol. The first-order valence-electron chi connectivity index (χ1n) is 4.78. The van der Waals surface area contributed by atoms with Crippen LogP contribution < -0.4 is 11.5 Å². The van der Waals surface area contributed by atoms with E-state index in [9.17, 15) is 0 Å². The van der Waals surface area contributed by atoms with Crippen molar-refractivity contribution in [3.8, 4) is 0 Å². The van der Waals surface area contributed by atoms with Crippen LogP contribution in [0.4, 0.5) is 5.82 Å². The summed E-state index contributed by atoms with van der Waals surface area (Å²) in [7, 11) is 0. The van der Waals surface area contributed by atoms with Crippen molar-refractivity contribution in [3.05, 3.63) is 22.8 Å². The van der Waals surface area contributed by atoms with Gasteiger partial charge in [0.1, 0.15) is 5.82 Å². The van der Waals surface area contributed by atoms with Gasteiger partial charge in [0.05, 0.1) is 5.02 Å². The van der Waals surface area contributed by atoms with Gasteiger partial charge in [-0.15, -0.1) is 0 Å².